The van der Waals surface area contributed by atoms with Crippen molar-refractivity contribution in [2.75, 3.05) is 0 Å². The van der Waals surface area contributed by atoms with Crippen LogP contribution in [-0.2, 0) is 12.8 Å². The van der Waals surface area contributed by atoms with Gasteiger partial charge in [-0.2, -0.15) is 10.2 Å². The zero-order valence-electron chi connectivity index (χ0n) is 11.5. The molecule has 0 aliphatic rings. The van der Waals surface area contributed by atoms with Crippen molar-refractivity contribution in [2.45, 2.75) is 39.7 Å². The molecule has 0 bridgehead atoms. The maximum absolute atomic E-state index is 5.71. The summed E-state index contributed by atoms with van der Waals surface area (Å²) in [4.78, 5) is 4.49. The van der Waals surface area contributed by atoms with Crippen molar-refractivity contribution in [1.82, 2.24) is 20.6 Å². The Labute approximate surface area is 117 Å². The predicted molar refractivity (Wildman–Crippen MR) is 76.8 cm³/mol. The molecule has 102 valence electrons. The van der Waals surface area contributed by atoms with E-state index in [1.54, 1.807) is 11.3 Å². The highest BCUT2D eigenvalue weighted by Gasteiger charge is 2.17. The molecule has 0 radical (unpaired) electrons. The summed E-state index contributed by atoms with van der Waals surface area (Å²) in [7, 11) is 0. The molecule has 1 unspecified atom stereocenters. The summed E-state index contributed by atoms with van der Waals surface area (Å²) < 4.78 is 0. The summed E-state index contributed by atoms with van der Waals surface area (Å²) in [6, 6.07) is 2.07. The van der Waals surface area contributed by atoms with E-state index in [1.807, 2.05) is 13.8 Å². The van der Waals surface area contributed by atoms with Gasteiger partial charge in [0.05, 0.1) is 28.1 Å². The lowest BCUT2D eigenvalue weighted by Crippen LogP contribution is -2.31. The minimum Gasteiger partial charge on any atom is -0.271 e. The van der Waals surface area contributed by atoms with E-state index >= 15 is 0 Å². The van der Waals surface area contributed by atoms with Crippen LogP contribution < -0.4 is 11.3 Å². The van der Waals surface area contributed by atoms with E-state index in [2.05, 4.69) is 39.0 Å². The molecule has 2 aromatic heterocycles. The van der Waals surface area contributed by atoms with Crippen LogP contribution in [0.5, 0.6) is 0 Å². The second-order valence-electron chi connectivity index (χ2n) is 4.52. The van der Waals surface area contributed by atoms with Crippen LogP contribution in [0.1, 0.15) is 40.6 Å². The van der Waals surface area contributed by atoms with Crippen molar-refractivity contribution in [2.24, 2.45) is 5.84 Å². The van der Waals surface area contributed by atoms with Gasteiger partial charge in [0, 0.05) is 11.8 Å². The monoisotopic (exact) mass is 277 g/mol. The Balaban J connectivity index is 2.28. The van der Waals surface area contributed by atoms with Crippen LogP contribution in [0, 0.1) is 13.8 Å². The summed E-state index contributed by atoms with van der Waals surface area (Å²) >= 11 is 1.66. The van der Waals surface area contributed by atoms with Crippen molar-refractivity contribution in [3.63, 3.8) is 0 Å². The highest BCUT2D eigenvalue weighted by Crippen LogP contribution is 2.22. The number of hydrogen-bond acceptors (Lipinski definition) is 6. The number of nitrogens with two attached hydrogens (primary N) is 1. The summed E-state index contributed by atoms with van der Waals surface area (Å²) in [5, 5.41) is 11.5. The van der Waals surface area contributed by atoms with E-state index in [4.69, 9.17) is 5.84 Å². The van der Waals surface area contributed by atoms with E-state index in [9.17, 15) is 0 Å². The molecule has 2 aromatic rings. The molecule has 0 amide bonds. The lowest BCUT2D eigenvalue weighted by molar-refractivity contribution is 0.537. The average Bonchev–Trinajstić information content (AvgIpc) is 2.81. The van der Waals surface area contributed by atoms with E-state index < -0.39 is 0 Å². The van der Waals surface area contributed by atoms with Crippen molar-refractivity contribution in [1.29, 1.82) is 0 Å². The van der Waals surface area contributed by atoms with E-state index in [1.165, 1.54) is 0 Å². The molecule has 19 heavy (non-hydrogen) atoms. The lowest BCUT2D eigenvalue weighted by atomic mass is 10.00. The van der Waals surface area contributed by atoms with Crippen LogP contribution >= 0.6 is 11.3 Å². The fraction of sp³-hybridized carbons (Fsp3) is 0.462. The standard InChI is InChI=1S/C13H19N5S/c1-4-12-11(5-8(2)17-18-12)13(16-14)6-10-7-19-9(3)15-10/h5,7,13,16H,4,6,14H2,1-3H3. The molecule has 2 rings (SSSR count). The smallest absolute Gasteiger partial charge is 0.0897 e. The number of nitrogens with one attached hydrogen (secondary N) is 1. The molecule has 0 saturated carbocycles. The van der Waals surface area contributed by atoms with Gasteiger partial charge in [0.1, 0.15) is 0 Å². The van der Waals surface area contributed by atoms with Gasteiger partial charge in [0.25, 0.3) is 0 Å². The van der Waals surface area contributed by atoms with Gasteiger partial charge in [0.15, 0.2) is 0 Å². The molecular weight excluding hydrogens is 258 g/mol. The highest BCUT2D eigenvalue weighted by molar-refractivity contribution is 7.09. The number of aromatic nitrogens is 3. The summed E-state index contributed by atoms with van der Waals surface area (Å²) in [6.45, 7) is 6.02. The van der Waals surface area contributed by atoms with Crippen LogP contribution in [0.15, 0.2) is 11.4 Å². The van der Waals surface area contributed by atoms with Crippen molar-refractivity contribution in [3.8, 4) is 0 Å². The number of thiazole rings is 1. The minimum atomic E-state index is 0.0191. The minimum absolute atomic E-state index is 0.0191. The van der Waals surface area contributed by atoms with Crippen LogP contribution in [-0.4, -0.2) is 15.2 Å². The van der Waals surface area contributed by atoms with Crippen LogP contribution in [0.3, 0.4) is 0 Å². The zero-order valence-corrected chi connectivity index (χ0v) is 12.3. The van der Waals surface area contributed by atoms with Gasteiger partial charge in [-0.1, -0.05) is 6.92 Å². The number of hydrazine groups is 1. The average molecular weight is 277 g/mol. The second kappa shape index (κ2) is 6.18. The molecule has 1 atom stereocenters. The molecule has 0 aliphatic heterocycles. The Kier molecular flexibility index (Phi) is 4.57. The van der Waals surface area contributed by atoms with Crippen molar-refractivity contribution < 1.29 is 0 Å². The molecule has 0 saturated heterocycles. The normalized spacial score (nSPS) is 12.6. The first-order chi connectivity index (χ1) is 9.13. The maximum atomic E-state index is 5.71. The van der Waals surface area contributed by atoms with Gasteiger partial charge < -0.3 is 0 Å². The quantitative estimate of drug-likeness (QED) is 0.644. The number of nitrogens with zero attached hydrogens (tertiary/aromatic N) is 3. The fourth-order valence-electron chi connectivity index (χ4n) is 2.08. The molecule has 0 aromatic carbocycles. The van der Waals surface area contributed by atoms with Crippen LogP contribution in [0.25, 0.3) is 0 Å². The first-order valence-corrected chi connectivity index (χ1v) is 7.22. The largest absolute Gasteiger partial charge is 0.271 e. The third-order valence-electron chi connectivity index (χ3n) is 3.02. The van der Waals surface area contributed by atoms with Gasteiger partial charge in [-0.15, -0.1) is 11.3 Å². The topological polar surface area (TPSA) is 76.7 Å². The highest BCUT2D eigenvalue weighted by atomic mass is 32.1. The first-order valence-electron chi connectivity index (χ1n) is 6.34. The van der Waals surface area contributed by atoms with E-state index in [0.717, 1.165) is 40.5 Å². The zero-order chi connectivity index (χ0) is 13.8. The Bertz CT molecular complexity index is 552. The molecule has 2 heterocycles. The molecular formula is C13H19N5S. The number of aryl methyl sites for hydroxylation is 3. The molecule has 5 nitrogen and oxygen atoms in total. The van der Waals surface area contributed by atoms with Crippen molar-refractivity contribution in [3.05, 3.63) is 39.1 Å². The predicted octanol–water partition coefficient (Wildman–Crippen LogP) is 1.86. The number of rotatable bonds is 5. The number of hydrogen-bond donors (Lipinski definition) is 2. The third-order valence-corrected chi connectivity index (χ3v) is 3.84. The van der Waals surface area contributed by atoms with Crippen LogP contribution in [0.2, 0.25) is 0 Å². The molecule has 0 spiro atoms. The summed E-state index contributed by atoms with van der Waals surface area (Å²) in [5.74, 6) is 5.71. The fourth-order valence-corrected chi connectivity index (χ4v) is 2.71. The lowest BCUT2D eigenvalue weighted by Gasteiger charge is -2.18. The molecule has 0 fully saturated rings. The molecule has 6 heteroatoms. The van der Waals surface area contributed by atoms with Gasteiger partial charge in [-0.3, -0.25) is 11.3 Å². The van der Waals surface area contributed by atoms with E-state index in [0.29, 0.717) is 0 Å². The second-order valence-corrected chi connectivity index (χ2v) is 5.58. The van der Waals surface area contributed by atoms with Crippen LogP contribution in [0.4, 0.5) is 0 Å². The Morgan fingerprint density at radius 3 is 2.74 bits per heavy atom. The molecule has 3 N–H and O–H groups in total. The Morgan fingerprint density at radius 1 is 1.37 bits per heavy atom. The maximum Gasteiger partial charge on any atom is 0.0897 e. The summed E-state index contributed by atoms with van der Waals surface area (Å²) in [5.41, 5.74) is 6.94. The van der Waals surface area contributed by atoms with Gasteiger partial charge >= 0.3 is 0 Å². The summed E-state index contributed by atoms with van der Waals surface area (Å²) in [6.07, 6.45) is 1.61. The first kappa shape index (κ1) is 14.0. The Hall–Kier alpha value is -1.37. The van der Waals surface area contributed by atoms with Gasteiger partial charge in [-0.05, 0) is 31.9 Å². The Morgan fingerprint density at radius 2 is 2.16 bits per heavy atom. The van der Waals surface area contributed by atoms with Gasteiger partial charge in [0.2, 0.25) is 0 Å². The van der Waals surface area contributed by atoms with Gasteiger partial charge in [-0.25, -0.2) is 4.98 Å². The molecule has 0 aliphatic carbocycles. The SMILES string of the molecule is CCc1nnc(C)cc1C(Cc1csc(C)n1)NN. The van der Waals surface area contributed by atoms with Crippen molar-refractivity contribution >= 4 is 11.3 Å². The van der Waals surface area contributed by atoms with E-state index in [-0.39, 0.29) is 6.04 Å². The third kappa shape index (κ3) is 3.34.